The maximum Gasteiger partial charge on any atom is 0.221 e. The Morgan fingerprint density at radius 3 is 1.38 bits per heavy atom. The molecule has 10 nitrogen and oxygen atoms in total. The molecule has 0 saturated heterocycles. The van der Waals surface area contributed by atoms with Gasteiger partial charge in [-0.05, 0) is 29.8 Å². The molecule has 1 N–H and O–H groups in total. The van der Waals surface area contributed by atoms with Crippen molar-refractivity contribution in [3.05, 3.63) is 60.2 Å². The van der Waals surface area contributed by atoms with E-state index in [1.54, 1.807) is 24.3 Å². The van der Waals surface area contributed by atoms with E-state index in [0.29, 0.717) is 99.1 Å². The van der Waals surface area contributed by atoms with E-state index < -0.39 is 0 Å². The van der Waals surface area contributed by atoms with Crippen LogP contribution in [0.1, 0.15) is 12.5 Å². The maximum atomic E-state index is 11.0. The van der Waals surface area contributed by atoms with Crippen LogP contribution < -0.4 is 10.1 Å². The van der Waals surface area contributed by atoms with Crippen molar-refractivity contribution in [1.82, 2.24) is 0 Å². The fraction of sp³-hybridized carbons (Fsp3) is 0.552. The van der Waals surface area contributed by atoms with Gasteiger partial charge in [-0.25, -0.2) is 0 Å². The number of hydrogen-bond acceptors (Lipinski definition) is 9. The lowest BCUT2D eigenvalue weighted by Gasteiger charge is -2.09. The van der Waals surface area contributed by atoms with Crippen LogP contribution in [-0.2, 0) is 44.6 Å². The lowest BCUT2D eigenvalue weighted by Crippen LogP contribution is -2.15. The molecule has 2 aromatic rings. The average Bonchev–Trinajstić information content (AvgIpc) is 2.94. The van der Waals surface area contributed by atoms with Gasteiger partial charge in [-0.3, -0.25) is 4.79 Å². The highest BCUT2D eigenvalue weighted by Crippen LogP contribution is 2.15. The number of carbonyl (C=O) groups is 1. The fourth-order valence-electron chi connectivity index (χ4n) is 3.14. The second kappa shape index (κ2) is 23.3. The zero-order valence-electron chi connectivity index (χ0n) is 23.0. The van der Waals surface area contributed by atoms with Crippen LogP contribution in [0.3, 0.4) is 0 Å². The quantitative estimate of drug-likeness (QED) is 0.187. The summed E-state index contributed by atoms with van der Waals surface area (Å²) in [5.74, 6) is 0.617. The number of anilines is 1. The van der Waals surface area contributed by atoms with Gasteiger partial charge in [0.05, 0.1) is 92.5 Å². The van der Waals surface area contributed by atoms with Crippen LogP contribution in [0, 0.1) is 0 Å². The molecule has 1 amide bonds. The molecule has 0 spiro atoms. The Morgan fingerprint density at radius 1 is 0.538 bits per heavy atom. The van der Waals surface area contributed by atoms with E-state index in [4.69, 9.17) is 37.9 Å². The molecule has 0 heterocycles. The van der Waals surface area contributed by atoms with E-state index in [9.17, 15) is 4.79 Å². The van der Waals surface area contributed by atoms with Crippen molar-refractivity contribution >= 4 is 11.6 Å². The topological polar surface area (TPSA) is 103 Å². The van der Waals surface area contributed by atoms with Crippen LogP contribution in [-0.4, -0.2) is 98.4 Å². The zero-order valence-corrected chi connectivity index (χ0v) is 23.0. The highest BCUT2D eigenvalue weighted by molar-refractivity contribution is 5.88. The van der Waals surface area contributed by atoms with Gasteiger partial charge < -0.3 is 43.2 Å². The standard InChI is InChI=1S/C29H43NO9/c1-26(31)30-28-7-9-29(10-8-28)39-24-23-37-20-19-35-16-15-33-12-11-32-13-14-34-17-18-36-21-22-38-25-27-5-3-2-4-6-27/h2-10H,11-25H2,1H3,(H,30,31). The van der Waals surface area contributed by atoms with Crippen molar-refractivity contribution in [2.75, 3.05) is 97.8 Å². The molecule has 2 rings (SSSR count). The Labute approximate surface area is 231 Å². The second-order valence-corrected chi connectivity index (χ2v) is 8.27. The Bertz CT molecular complexity index is 836. The molecule has 39 heavy (non-hydrogen) atoms. The zero-order chi connectivity index (χ0) is 27.6. The number of amides is 1. The van der Waals surface area contributed by atoms with Gasteiger partial charge in [-0.1, -0.05) is 30.3 Å². The molecule has 10 heteroatoms. The summed E-state index contributed by atoms with van der Waals surface area (Å²) in [5, 5.41) is 2.71. The molecule has 0 aliphatic rings. The van der Waals surface area contributed by atoms with Crippen LogP contribution in [0.15, 0.2) is 54.6 Å². The van der Waals surface area contributed by atoms with Crippen molar-refractivity contribution in [2.45, 2.75) is 13.5 Å². The Hall–Kier alpha value is -2.57. The molecule has 0 radical (unpaired) electrons. The molecule has 0 bridgehead atoms. The van der Waals surface area contributed by atoms with Gasteiger partial charge in [-0.2, -0.15) is 0 Å². The van der Waals surface area contributed by atoms with Crippen LogP contribution >= 0.6 is 0 Å². The van der Waals surface area contributed by atoms with Gasteiger partial charge in [0.25, 0.3) is 0 Å². The smallest absolute Gasteiger partial charge is 0.221 e. The number of nitrogens with one attached hydrogen (secondary N) is 1. The van der Waals surface area contributed by atoms with Crippen molar-refractivity contribution in [3.8, 4) is 5.75 Å². The number of carbonyl (C=O) groups excluding carboxylic acids is 1. The molecule has 0 fully saturated rings. The number of ether oxygens (including phenoxy) is 8. The summed E-state index contributed by atoms with van der Waals surface area (Å²) in [6.45, 7) is 9.19. The van der Waals surface area contributed by atoms with E-state index in [1.165, 1.54) is 6.92 Å². The van der Waals surface area contributed by atoms with Crippen LogP contribution in [0.2, 0.25) is 0 Å². The van der Waals surface area contributed by atoms with Crippen molar-refractivity contribution in [3.63, 3.8) is 0 Å². The normalized spacial score (nSPS) is 11.0. The minimum atomic E-state index is -0.104. The minimum absolute atomic E-state index is 0.104. The molecule has 0 saturated carbocycles. The Balaban J connectivity index is 1.21. The van der Waals surface area contributed by atoms with Crippen molar-refractivity contribution in [1.29, 1.82) is 0 Å². The molecule has 218 valence electrons. The summed E-state index contributed by atoms with van der Waals surface area (Å²) in [6, 6.07) is 17.3. The molecule has 0 aromatic heterocycles. The molecule has 2 aromatic carbocycles. The van der Waals surface area contributed by atoms with Crippen LogP contribution in [0.25, 0.3) is 0 Å². The first-order valence-electron chi connectivity index (χ1n) is 13.3. The summed E-state index contributed by atoms with van der Waals surface area (Å²) in [5.41, 5.74) is 1.89. The van der Waals surface area contributed by atoms with Gasteiger partial charge in [-0.15, -0.1) is 0 Å². The van der Waals surface area contributed by atoms with Gasteiger partial charge in [0, 0.05) is 12.6 Å². The molecule has 0 unspecified atom stereocenters. The summed E-state index contributed by atoms with van der Waals surface area (Å²) in [4.78, 5) is 11.0. The summed E-state index contributed by atoms with van der Waals surface area (Å²) in [6.07, 6.45) is 0. The first kappa shape index (κ1) is 32.6. The van der Waals surface area contributed by atoms with Crippen molar-refractivity contribution in [2.24, 2.45) is 0 Å². The molecule has 0 aliphatic heterocycles. The monoisotopic (exact) mass is 549 g/mol. The summed E-state index contributed by atoms with van der Waals surface area (Å²) < 4.78 is 44.0. The van der Waals surface area contributed by atoms with Crippen molar-refractivity contribution < 1.29 is 42.7 Å². The van der Waals surface area contributed by atoms with Gasteiger partial charge >= 0.3 is 0 Å². The first-order chi connectivity index (χ1) is 19.2. The Kier molecular flexibility index (Phi) is 19.5. The maximum absolute atomic E-state index is 11.0. The number of hydrogen-bond donors (Lipinski definition) is 1. The third-order valence-corrected chi connectivity index (χ3v) is 5.01. The molecule has 0 atom stereocenters. The molecular weight excluding hydrogens is 506 g/mol. The van der Waals surface area contributed by atoms with E-state index >= 15 is 0 Å². The minimum Gasteiger partial charge on any atom is -0.491 e. The lowest BCUT2D eigenvalue weighted by molar-refractivity contribution is -0.114. The van der Waals surface area contributed by atoms with Gasteiger partial charge in [0.15, 0.2) is 0 Å². The van der Waals surface area contributed by atoms with E-state index in [2.05, 4.69) is 5.32 Å². The number of rotatable bonds is 25. The summed E-state index contributed by atoms with van der Waals surface area (Å²) >= 11 is 0. The second-order valence-electron chi connectivity index (χ2n) is 8.27. The van der Waals surface area contributed by atoms with Gasteiger partial charge in [0.1, 0.15) is 12.4 Å². The highest BCUT2D eigenvalue weighted by Gasteiger charge is 1.98. The van der Waals surface area contributed by atoms with E-state index in [0.717, 1.165) is 17.0 Å². The SMILES string of the molecule is CC(=O)Nc1ccc(OCCOCCOCCOCCOCCOCCOCCOCc2ccccc2)cc1. The lowest BCUT2D eigenvalue weighted by atomic mass is 10.2. The molecule has 0 aliphatic carbocycles. The largest absolute Gasteiger partial charge is 0.491 e. The molecular formula is C29H43NO9. The fourth-order valence-corrected chi connectivity index (χ4v) is 3.14. The predicted molar refractivity (Wildman–Crippen MR) is 147 cm³/mol. The average molecular weight is 550 g/mol. The third-order valence-electron chi connectivity index (χ3n) is 5.01. The first-order valence-corrected chi connectivity index (χ1v) is 13.3. The van der Waals surface area contributed by atoms with Gasteiger partial charge in [0.2, 0.25) is 5.91 Å². The highest BCUT2D eigenvalue weighted by atomic mass is 16.6. The van der Waals surface area contributed by atoms with Crippen LogP contribution in [0.5, 0.6) is 5.75 Å². The van der Waals surface area contributed by atoms with E-state index in [-0.39, 0.29) is 5.91 Å². The predicted octanol–water partition coefficient (Wildman–Crippen LogP) is 3.34. The van der Waals surface area contributed by atoms with E-state index in [1.807, 2.05) is 30.3 Å². The summed E-state index contributed by atoms with van der Waals surface area (Å²) in [7, 11) is 0. The number of benzene rings is 2. The van der Waals surface area contributed by atoms with Crippen LogP contribution in [0.4, 0.5) is 5.69 Å². The Morgan fingerprint density at radius 2 is 0.949 bits per heavy atom. The third kappa shape index (κ3) is 19.2.